The number of rotatable bonds is 5. The minimum atomic E-state index is -0.866. The number of amides is 1. The van der Waals surface area contributed by atoms with Crippen LogP contribution in [0.2, 0.25) is 0 Å². The summed E-state index contributed by atoms with van der Waals surface area (Å²) >= 11 is 0. The highest BCUT2D eigenvalue weighted by Gasteiger charge is 2.15. The minimum absolute atomic E-state index is 0.0178. The number of carbonyl (C=O) groups is 2. The molecule has 0 aliphatic heterocycles. The van der Waals surface area contributed by atoms with Crippen molar-refractivity contribution in [2.45, 2.75) is 39.7 Å². The Morgan fingerprint density at radius 1 is 1.46 bits per heavy atom. The van der Waals surface area contributed by atoms with Gasteiger partial charge in [-0.1, -0.05) is 6.92 Å². The summed E-state index contributed by atoms with van der Waals surface area (Å²) in [7, 11) is 0. The fraction of sp³-hybridized carbons (Fsp3) is 0.778. The normalized spacial score (nSPS) is 12.2. The molecule has 0 spiro atoms. The van der Waals surface area contributed by atoms with Crippen molar-refractivity contribution in [3.63, 3.8) is 0 Å². The fourth-order valence-electron chi connectivity index (χ4n) is 1.12. The summed E-state index contributed by atoms with van der Waals surface area (Å²) < 4.78 is 0. The maximum absolute atomic E-state index is 11.1. The topological polar surface area (TPSA) is 57.6 Å². The van der Waals surface area contributed by atoms with Gasteiger partial charge in [-0.2, -0.15) is 0 Å². The van der Waals surface area contributed by atoms with Gasteiger partial charge in [0.1, 0.15) is 0 Å². The molecule has 0 radical (unpaired) electrons. The Morgan fingerprint density at radius 3 is 2.31 bits per heavy atom. The Hall–Kier alpha value is -1.06. The van der Waals surface area contributed by atoms with Crippen LogP contribution in [0, 0.1) is 0 Å². The zero-order valence-electron chi connectivity index (χ0n) is 8.41. The van der Waals surface area contributed by atoms with Gasteiger partial charge in [0.15, 0.2) is 0 Å². The van der Waals surface area contributed by atoms with E-state index in [1.807, 2.05) is 13.8 Å². The van der Waals surface area contributed by atoms with Gasteiger partial charge in [0.25, 0.3) is 0 Å². The molecular formula is C9H17NO3. The van der Waals surface area contributed by atoms with Gasteiger partial charge >= 0.3 is 5.97 Å². The van der Waals surface area contributed by atoms with Crippen LogP contribution < -0.4 is 0 Å². The molecule has 0 aromatic rings. The van der Waals surface area contributed by atoms with E-state index in [4.69, 9.17) is 5.11 Å². The Balaban J connectivity index is 4.10. The summed E-state index contributed by atoms with van der Waals surface area (Å²) in [5.74, 6) is -0.926. The van der Waals surface area contributed by atoms with Crippen molar-refractivity contribution >= 4 is 11.9 Å². The zero-order valence-corrected chi connectivity index (χ0v) is 8.41. The molecule has 4 nitrogen and oxygen atoms in total. The second-order valence-corrected chi connectivity index (χ2v) is 3.11. The second kappa shape index (κ2) is 5.56. The molecule has 4 heteroatoms. The highest BCUT2D eigenvalue weighted by Crippen LogP contribution is 2.04. The van der Waals surface area contributed by atoms with Crippen LogP contribution in [-0.4, -0.2) is 34.5 Å². The standard InChI is InChI=1S/C9H17NO3/c1-4-7(2)10(8(3)11)6-5-9(12)13/h7H,4-6H2,1-3H3,(H,12,13). The number of carbonyl (C=O) groups excluding carboxylic acids is 1. The molecule has 0 bridgehead atoms. The Bertz CT molecular complexity index is 191. The van der Waals surface area contributed by atoms with Crippen LogP contribution in [0.5, 0.6) is 0 Å². The Labute approximate surface area is 78.5 Å². The average Bonchev–Trinajstić information content (AvgIpc) is 2.03. The van der Waals surface area contributed by atoms with Gasteiger partial charge < -0.3 is 10.0 Å². The Morgan fingerprint density at radius 2 is 2.00 bits per heavy atom. The van der Waals surface area contributed by atoms with Gasteiger partial charge in [-0.3, -0.25) is 9.59 Å². The molecular weight excluding hydrogens is 170 g/mol. The highest BCUT2D eigenvalue weighted by atomic mass is 16.4. The van der Waals surface area contributed by atoms with Gasteiger partial charge in [-0.05, 0) is 13.3 Å². The number of carboxylic acids is 1. The molecule has 1 atom stereocenters. The lowest BCUT2D eigenvalue weighted by Crippen LogP contribution is -2.38. The molecule has 1 amide bonds. The van der Waals surface area contributed by atoms with E-state index in [1.54, 1.807) is 4.90 Å². The number of carboxylic acid groups (broad SMARTS) is 1. The largest absolute Gasteiger partial charge is 0.481 e. The summed E-state index contributed by atoms with van der Waals surface area (Å²) in [5.41, 5.74) is 0. The van der Waals surface area contributed by atoms with Crippen molar-refractivity contribution in [2.75, 3.05) is 6.54 Å². The van der Waals surface area contributed by atoms with Crippen LogP contribution in [0.25, 0.3) is 0 Å². The molecule has 0 aromatic heterocycles. The molecule has 0 saturated carbocycles. The second-order valence-electron chi connectivity index (χ2n) is 3.11. The first-order chi connectivity index (χ1) is 5.99. The number of nitrogens with zero attached hydrogens (tertiary/aromatic N) is 1. The lowest BCUT2D eigenvalue weighted by atomic mass is 10.2. The SMILES string of the molecule is CCC(C)N(CCC(=O)O)C(C)=O. The molecule has 0 heterocycles. The van der Waals surface area contributed by atoms with E-state index in [9.17, 15) is 9.59 Å². The van der Waals surface area contributed by atoms with Gasteiger partial charge in [-0.15, -0.1) is 0 Å². The van der Waals surface area contributed by atoms with Crippen LogP contribution in [0.4, 0.5) is 0 Å². The lowest BCUT2D eigenvalue weighted by Gasteiger charge is -2.26. The quantitative estimate of drug-likeness (QED) is 0.701. The summed E-state index contributed by atoms with van der Waals surface area (Å²) in [5, 5.41) is 8.46. The molecule has 0 rings (SSSR count). The number of hydrogen-bond acceptors (Lipinski definition) is 2. The van der Waals surface area contributed by atoms with Crippen LogP contribution in [-0.2, 0) is 9.59 Å². The number of hydrogen-bond donors (Lipinski definition) is 1. The van der Waals surface area contributed by atoms with Gasteiger partial charge in [0.2, 0.25) is 5.91 Å². The first-order valence-corrected chi connectivity index (χ1v) is 4.48. The Kier molecular flexibility index (Phi) is 5.11. The predicted molar refractivity (Wildman–Crippen MR) is 49.4 cm³/mol. The average molecular weight is 187 g/mol. The van der Waals surface area contributed by atoms with Crippen molar-refractivity contribution in [2.24, 2.45) is 0 Å². The van der Waals surface area contributed by atoms with E-state index < -0.39 is 5.97 Å². The molecule has 0 saturated heterocycles. The maximum Gasteiger partial charge on any atom is 0.305 e. The molecule has 0 fully saturated rings. The van der Waals surface area contributed by atoms with Crippen LogP contribution in [0.3, 0.4) is 0 Å². The molecule has 76 valence electrons. The van der Waals surface area contributed by atoms with Gasteiger partial charge in [-0.25, -0.2) is 0 Å². The summed E-state index contributed by atoms with van der Waals surface area (Å²) in [6.07, 6.45) is 0.864. The first kappa shape index (κ1) is 11.9. The van der Waals surface area contributed by atoms with E-state index in [1.165, 1.54) is 6.92 Å². The van der Waals surface area contributed by atoms with Crippen LogP contribution in [0.1, 0.15) is 33.6 Å². The van der Waals surface area contributed by atoms with Crippen molar-refractivity contribution in [1.29, 1.82) is 0 Å². The smallest absolute Gasteiger partial charge is 0.305 e. The van der Waals surface area contributed by atoms with E-state index in [-0.39, 0.29) is 18.4 Å². The van der Waals surface area contributed by atoms with Gasteiger partial charge in [0, 0.05) is 19.5 Å². The summed E-state index contributed by atoms with van der Waals surface area (Å²) in [6.45, 7) is 5.66. The van der Waals surface area contributed by atoms with E-state index in [0.717, 1.165) is 6.42 Å². The molecule has 13 heavy (non-hydrogen) atoms. The van der Waals surface area contributed by atoms with Crippen LogP contribution >= 0.6 is 0 Å². The molecule has 0 aliphatic carbocycles. The number of aliphatic carboxylic acids is 1. The van der Waals surface area contributed by atoms with Crippen molar-refractivity contribution in [3.8, 4) is 0 Å². The fourth-order valence-corrected chi connectivity index (χ4v) is 1.12. The van der Waals surface area contributed by atoms with E-state index in [2.05, 4.69) is 0 Å². The highest BCUT2D eigenvalue weighted by molar-refractivity contribution is 5.74. The van der Waals surface area contributed by atoms with Crippen LogP contribution in [0.15, 0.2) is 0 Å². The monoisotopic (exact) mass is 187 g/mol. The molecule has 0 aliphatic rings. The maximum atomic E-state index is 11.1. The van der Waals surface area contributed by atoms with Crippen molar-refractivity contribution in [1.82, 2.24) is 4.90 Å². The zero-order chi connectivity index (χ0) is 10.4. The van der Waals surface area contributed by atoms with E-state index in [0.29, 0.717) is 6.54 Å². The predicted octanol–water partition coefficient (Wildman–Crippen LogP) is 1.11. The third-order valence-electron chi connectivity index (χ3n) is 2.09. The van der Waals surface area contributed by atoms with E-state index >= 15 is 0 Å². The molecule has 1 N–H and O–H groups in total. The molecule has 0 aromatic carbocycles. The summed E-state index contributed by atoms with van der Waals surface area (Å²) in [4.78, 5) is 23.0. The third-order valence-corrected chi connectivity index (χ3v) is 2.09. The lowest BCUT2D eigenvalue weighted by molar-refractivity contribution is -0.138. The van der Waals surface area contributed by atoms with Crippen molar-refractivity contribution < 1.29 is 14.7 Å². The first-order valence-electron chi connectivity index (χ1n) is 4.48. The summed E-state index contributed by atoms with van der Waals surface area (Å²) in [6, 6.07) is 0.122. The van der Waals surface area contributed by atoms with Gasteiger partial charge in [0.05, 0.1) is 6.42 Å². The molecule has 1 unspecified atom stereocenters. The van der Waals surface area contributed by atoms with Crippen molar-refractivity contribution in [3.05, 3.63) is 0 Å². The minimum Gasteiger partial charge on any atom is -0.481 e. The third kappa shape index (κ3) is 4.50.